The van der Waals surface area contributed by atoms with Gasteiger partial charge in [0.1, 0.15) is 0 Å². The van der Waals surface area contributed by atoms with E-state index in [-0.39, 0.29) is 0 Å². The Balaban J connectivity index is 3.16. The monoisotopic (exact) mass is 99.1 g/mol. The smallest absolute Gasteiger partial charge is 0.163 e. The average molecular weight is 99.2 g/mol. The molecule has 41 valence electrons. The van der Waals surface area contributed by atoms with Crippen LogP contribution in [0.25, 0.3) is 0 Å². The quantitative estimate of drug-likeness (QED) is 0.316. The Bertz CT molecular complexity index is 48.0. The molecule has 0 spiro atoms. The van der Waals surface area contributed by atoms with Crippen LogP contribution in [-0.2, 0) is 0 Å². The molecule has 0 saturated carbocycles. The lowest BCUT2D eigenvalue weighted by atomic mass is 10.6. The van der Waals surface area contributed by atoms with Gasteiger partial charge in [0.05, 0.1) is 0 Å². The van der Waals surface area contributed by atoms with E-state index in [1.54, 1.807) is 4.90 Å². The van der Waals surface area contributed by atoms with Crippen molar-refractivity contribution in [3.8, 4) is 0 Å². The Labute approximate surface area is 44.6 Å². The van der Waals surface area contributed by atoms with Crippen LogP contribution in [0.1, 0.15) is 13.8 Å². The van der Waals surface area contributed by atoms with E-state index in [1.165, 1.54) is 0 Å². The SMILES string of the molecule is CCN([C]=N)CC. The molecule has 0 aliphatic heterocycles. The molecule has 7 heavy (non-hydrogen) atoms. The minimum absolute atomic E-state index is 0.889. The normalized spacial score (nSPS) is 8.29. The third-order valence-corrected chi connectivity index (χ3v) is 0.922. The Morgan fingerprint density at radius 2 is 1.86 bits per heavy atom. The fraction of sp³-hybridized carbons (Fsp3) is 0.800. The predicted octanol–water partition coefficient (Wildman–Crippen LogP) is 0.812. The van der Waals surface area contributed by atoms with Crippen LogP contribution in [0.4, 0.5) is 0 Å². The van der Waals surface area contributed by atoms with Crippen LogP contribution in [0.2, 0.25) is 0 Å². The Morgan fingerprint density at radius 1 is 1.43 bits per heavy atom. The average Bonchev–Trinajstić information content (AvgIpc) is 1.72. The van der Waals surface area contributed by atoms with E-state index in [1.807, 2.05) is 13.8 Å². The molecule has 0 aromatic rings. The van der Waals surface area contributed by atoms with Gasteiger partial charge >= 0.3 is 0 Å². The molecular weight excluding hydrogens is 88.1 g/mol. The first-order valence-corrected chi connectivity index (χ1v) is 2.52. The largest absolute Gasteiger partial charge is 0.355 e. The highest BCUT2D eigenvalue weighted by Crippen LogP contribution is 1.76. The number of nitrogens with one attached hydrogen (secondary N) is 1. The summed E-state index contributed by atoms with van der Waals surface area (Å²) in [5.41, 5.74) is 0. The molecule has 0 heterocycles. The zero-order chi connectivity index (χ0) is 5.70. The molecule has 0 rings (SSSR count). The van der Waals surface area contributed by atoms with Gasteiger partial charge in [-0.25, -0.2) is 0 Å². The van der Waals surface area contributed by atoms with Crippen LogP contribution in [0.5, 0.6) is 0 Å². The van der Waals surface area contributed by atoms with Gasteiger partial charge in [0.25, 0.3) is 0 Å². The van der Waals surface area contributed by atoms with Gasteiger partial charge in [-0.2, -0.15) is 0 Å². The minimum Gasteiger partial charge on any atom is -0.355 e. The zero-order valence-corrected chi connectivity index (χ0v) is 4.86. The van der Waals surface area contributed by atoms with Crippen LogP contribution in [0, 0.1) is 5.41 Å². The highest BCUT2D eigenvalue weighted by Gasteiger charge is 1.86. The van der Waals surface area contributed by atoms with Crippen molar-refractivity contribution in [3.05, 3.63) is 0 Å². The van der Waals surface area contributed by atoms with Crippen LogP contribution in [0.15, 0.2) is 0 Å². The highest BCUT2D eigenvalue weighted by atomic mass is 15.1. The lowest BCUT2D eigenvalue weighted by molar-refractivity contribution is 0.477. The second-order valence-electron chi connectivity index (χ2n) is 1.28. The van der Waals surface area contributed by atoms with E-state index in [9.17, 15) is 0 Å². The van der Waals surface area contributed by atoms with Crippen molar-refractivity contribution >= 4 is 6.34 Å². The standard InChI is InChI=1S/C5H11N2/c1-3-7(4-2)5-6/h6H,3-4H2,1-2H3. The first-order chi connectivity index (χ1) is 3.35. The molecule has 0 amide bonds. The van der Waals surface area contributed by atoms with Crippen molar-refractivity contribution in [1.82, 2.24) is 4.90 Å². The van der Waals surface area contributed by atoms with Crippen LogP contribution < -0.4 is 0 Å². The maximum atomic E-state index is 6.64. The van der Waals surface area contributed by atoms with Crippen molar-refractivity contribution in [2.75, 3.05) is 13.1 Å². The van der Waals surface area contributed by atoms with Gasteiger partial charge in [0, 0.05) is 13.1 Å². The molecule has 0 atom stereocenters. The molecule has 2 nitrogen and oxygen atoms in total. The molecule has 0 aromatic heterocycles. The van der Waals surface area contributed by atoms with Crippen molar-refractivity contribution < 1.29 is 0 Å². The van der Waals surface area contributed by atoms with Gasteiger partial charge in [-0.3, -0.25) is 5.41 Å². The molecule has 0 aromatic carbocycles. The molecule has 1 radical (unpaired) electrons. The van der Waals surface area contributed by atoms with Crippen LogP contribution in [0.3, 0.4) is 0 Å². The van der Waals surface area contributed by atoms with Crippen LogP contribution in [-0.4, -0.2) is 24.3 Å². The zero-order valence-electron chi connectivity index (χ0n) is 4.86. The van der Waals surface area contributed by atoms with Crippen molar-refractivity contribution in [3.63, 3.8) is 0 Å². The van der Waals surface area contributed by atoms with Crippen molar-refractivity contribution in [1.29, 1.82) is 5.41 Å². The molecule has 0 bridgehead atoms. The molecule has 0 unspecified atom stereocenters. The maximum absolute atomic E-state index is 6.64. The summed E-state index contributed by atoms with van der Waals surface area (Å²) in [6.45, 7) is 5.79. The Hall–Kier alpha value is -0.530. The molecular formula is C5H11N2. The van der Waals surface area contributed by atoms with Gasteiger partial charge in [-0.05, 0) is 13.8 Å². The van der Waals surface area contributed by atoms with Gasteiger partial charge in [-0.15, -0.1) is 0 Å². The molecule has 0 aliphatic carbocycles. The summed E-state index contributed by atoms with van der Waals surface area (Å²) in [6.07, 6.45) is 2.28. The maximum Gasteiger partial charge on any atom is 0.163 e. The first kappa shape index (κ1) is 6.47. The first-order valence-electron chi connectivity index (χ1n) is 2.52. The van der Waals surface area contributed by atoms with E-state index in [4.69, 9.17) is 5.41 Å². The van der Waals surface area contributed by atoms with Gasteiger partial charge in [0.15, 0.2) is 6.34 Å². The van der Waals surface area contributed by atoms with Gasteiger partial charge < -0.3 is 4.90 Å². The third-order valence-electron chi connectivity index (χ3n) is 0.922. The fourth-order valence-corrected chi connectivity index (χ4v) is 0.382. The van der Waals surface area contributed by atoms with E-state index >= 15 is 0 Å². The molecule has 0 fully saturated rings. The summed E-state index contributed by atoms with van der Waals surface area (Å²) in [6, 6.07) is 0. The number of rotatable bonds is 3. The summed E-state index contributed by atoms with van der Waals surface area (Å²) in [5.74, 6) is 0. The number of hydrogen-bond acceptors (Lipinski definition) is 1. The summed E-state index contributed by atoms with van der Waals surface area (Å²) < 4.78 is 0. The lowest BCUT2D eigenvalue weighted by Gasteiger charge is -2.09. The summed E-state index contributed by atoms with van der Waals surface area (Å²) >= 11 is 0. The number of nitrogens with zero attached hydrogens (tertiary/aromatic N) is 1. The van der Waals surface area contributed by atoms with E-state index in [0.29, 0.717) is 0 Å². The highest BCUT2D eigenvalue weighted by molar-refractivity contribution is 5.50. The predicted molar refractivity (Wildman–Crippen MR) is 30.6 cm³/mol. The lowest BCUT2D eigenvalue weighted by Crippen LogP contribution is -2.19. The second-order valence-corrected chi connectivity index (χ2v) is 1.28. The summed E-state index contributed by atoms with van der Waals surface area (Å²) in [5, 5.41) is 6.64. The van der Waals surface area contributed by atoms with Crippen LogP contribution >= 0.6 is 0 Å². The van der Waals surface area contributed by atoms with Gasteiger partial charge in [0.2, 0.25) is 0 Å². The molecule has 1 N–H and O–H groups in total. The molecule has 0 saturated heterocycles. The van der Waals surface area contributed by atoms with E-state index in [2.05, 4.69) is 6.34 Å². The van der Waals surface area contributed by atoms with E-state index in [0.717, 1.165) is 13.1 Å². The second kappa shape index (κ2) is 3.65. The van der Waals surface area contributed by atoms with E-state index < -0.39 is 0 Å². The third kappa shape index (κ3) is 2.20. The summed E-state index contributed by atoms with van der Waals surface area (Å²) in [4.78, 5) is 1.79. The molecule has 2 heteroatoms. The van der Waals surface area contributed by atoms with Crippen molar-refractivity contribution in [2.45, 2.75) is 13.8 Å². The molecule has 0 aliphatic rings. The topological polar surface area (TPSA) is 27.1 Å². The van der Waals surface area contributed by atoms with Crippen molar-refractivity contribution in [2.24, 2.45) is 0 Å². The Kier molecular flexibility index (Phi) is 3.38. The Morgan fingerprint density at radius 3 is 1.86 bits per heavy atom. The van der Waals surface area contributed by atoms with Gasteiger partial charge in [-0.1, -0.05) is 0 Å². The summed E-state index contributed by atoms with van der Waals surface area (Å²) in [7, 11) is 0. The minimum atomic E-state index is 0.889. The fourth-order valence-electron chi connectivity index (χ4n) is 0.382. The number of hydrogen-bond donors (Lipinski definition) is 1.